The van der Waals surface area contributed by atoms with Gasteiger partial charge >= 0.3 is 0 Å². The first-order valence-corrected chi connectivity index (χ1v) is 6.77. The quantitative estimate of drug-likeness (QED) is 0.877. The van der Waals surface area contributed by atoms with Gasteiger partial charge < -0.3 is 0 Å². The zero-order valence-electron chi connectivity index (χ0n) is 8.98. The first-order valence-electron chi connectivity index (χ1n) is 5.22. The molecule has 1 saturated carbocycles. The maximum absolute atomic E-state index is 12.8. The Morgan fingerprint density at radius 3 is 2.31 bits per heavy atom. The molecule has 0 saturated heterocycles. The van der Waals surface area contributed by atoms with E-state index in [9.17, 15) is 12.8 Å². The van der Waals surface area contributed by atoms with Crippen LogP contribution in [0.4, 0.5) is 4.39 Å². The average molecular weight is 243 g/mol. The second-order valence-corrected chi connectivity index (χ2v) is 6.06. The molecule has 1 aliphatic carbocycles. The Bertz CT molecular complexity index is 465. The van der Waals surface area contributed by atoms with Gasteiger partial charge in [0.1, 0.15) is 11.1 Å². The molecule has 16 heavy (non-hydrogen) atoms. The van der Waals surface area contributed by atoms with E-state index in [1.807, 2.05) is 0 Å². The van der Waals surface area contributed by atoms with Gasteiger partial charge in [-0.1, -0.05) is 12.1 Å². The number of rotatable bonds is 4. The Hall–Kier alpha value is -0.940. The van der Waals surface area contributed by atoms with Gasteiger partial charge in [-0.25, -0.2) is 17.5 Å². The van der Waals surface area contributed by atoms with E-state index in [0.717, 1.165) is 12.8 Å². The fourth-order valence-electron chi connectivity index (χ4n) is 1.88. The summed E-state index contributed by atoms with van der Waals surface area (Å²) in [7, 11) is -1.92. The van der Waals surface area contributed by atoms with Gasteiger partial charge in [-0.2, -0.15) is 0 Å². The number of halogens is 1. The first kappa shape index (κ1) is 11.5. The van der Waals surface area contributed by atoms with Gasteiger partial charge in [-0.3, -0.25) is 0 Å². The lowest BCUT2D eigenvalue weighted by Gasteiger charge is -2.16. The smallest absolute Gasteiger partial charge is 0.218 e. The van der Waals surface area contributed by atoms with Gasteiger partial charge in [-0.15, -0.1) is 0 Å². The number of hydrogen-bond acceptors (Lipinski definition) is 2. The summed E-state index contributed by atoms with van der Waals surface area (Å²) in [4.78, 5) is 0. The topological polar surface area (TPSA) is 46.2 Å². The molecule has 1 unspecified atom stereocenters. The second kappa shape index (κ2) is 4.14. The van der Waals surface area contributed by atoms with Crippen LogP contribution in [0.2, 0.25) is 0 Å². The monoisotopic (exact) mass is 243 g/mol. The Labute approximate surface area is 94.7 Å². The standard InChI is InChI=1S/C11H14FNO2S/c1-13-16(14,15)11(8-2-3-8)9-4-6-10(12)7-5-9/h4-8,11,13H,2-3H2,1H3. The minimum atomic E-state index is -3.34. The molecule has 0 bridgehead atoms. The highest BCUT2D eigenvalue weighted by molar-refractivity contribution is 7.89. The Morgan fingerprint density at radius 2 is 1.88 bits per heavy atom. The molecule has 88 valence electrons. The fourth-order valence-corrected chi connectivity index (χ4v) is 3.43. The molecular weight excluding hydrogens is 229 g/mol. The molecule has 5 heteroatoms. The lowest BCUT2D eigenvalue weighted by atomic mass is 10.1. The van der Waals surface area contributed by atoms with E-state index in [0.29, 0.717) is 5.56 Å². The zero-order valence-corrected chi connectivity index (χ0v) is 9.80. The molecule has 0 heterocycles. The largest absolute Gasteiger partial charge is 0.218 e. The Kier molecular flexibility index (Phi) is 2.99. The highest BCUT2D eigenvalue weighted by atomic mass is 32.2. The summed E-state index contributed by atoms with van der Waals surface area (Å²) in [5.74, 6) is -0.178. The average Bonchev–Trinajstić information content (AvgIpc) is 3.05. The first-order chi connectivity index (χ1) is 7.54. The van der Waals surface area contributed by atoms with Crippen molar-refractivity contribution in [2.45, 2.75) is 18.1 Å². The third kappa shape index (κ3) is 2.25. The highest BCUT2D eigenvalue weighted by Gasteiger charge is 2.40. The summed E-state index contributed by atoms with van der Waals surface area (Å²) in [5, 5.41) is -0.543. The summed E-state index contributed by atoms with van der Waals surface area (Å²) in [5.41, 5.74) is 0.665. The van der Waals surface area contributed by atoms with Crippen LogP contribution < -0.4 is 4.72 Å². The lowest BCUT2D eigenvalue weighted by molar-refractivity contribution is 0.562. The molecule has 1 aliphatic rings. The van der Waals surface area contributed by atoms with E-state index in [1.54, 1.807) is 12.1 Å². The van der Waals surface area contributed by atoms with Crippen LogP contribution in [0.15, 0.2) is 24.3 Å². The van der Waals surface area contributed by atoms with E-state index in [-0.39, 0.29) is 11.7 Å². The molecule has 1 fully saturated rings. The van der Waals surface area contributed by atoms with Crippen LogP contribution in [-0.2, 0) is 10.0 Å². The number of benzene rings is 1. The predicted octanol–water partition coefficient (Wildman–Crippen LogP) is 1.83. The van der Waals surface area contributed by atoms with E-state index >= 15 is 0 Å². The molecule has 3 nitrogen and oxygen atoms in total. The molecule has 1 aromatic rings. The number of hydrogen-bond donors (Lipinski definition) is 1. The van der Waals surface area contributed by atoms with E-state index in [4.69, 9.17) is 0 Å². The lowest BCUT2D eigenvalue weighted by Crippen LogP contribution is -2.27. The normalized spacial score (nSPS) is 18.4. The van der Waals surface area contributed by atoms with Gasteiger partial charge in [0.15, 0.2) is 0 Å². The summed E-state index contributed by atoms with van der Waals surface area (Å²) < 4.78 is 38.9. The van der Waals surface area contributed by atoms with Crippen molar-refractivity contribution in [3.63, 3.8) is 0 Å². The van der Waals surface area contributed by atoms with Crippen LogP contribution >= 0.6 is 0 Å². The number of sulfonamides is 1. The van der Waals surface area contributed by atoms with Crippen molar-refractivity contribution in [3.05, 3.63) is 35.6 Å². The van der Waals surface area contributed by atoms with E-state index < -0.39 is 15.3 Å². The van der Waals surface area contributed by atoms with Crippen molar-refractivity contribution in [2.75, 3.05) is 7.05 Å². The van der Waals surface area contributed by atoms with Gasteiger partial charge in [0.25, 0.3) is 0 Å². The molecule has 0 radical (unpaired) electrons. The fraction of sp³-hybridized carbons (Fsp3) is 0.455. The molecule has 0 aromatic heterocycles. The van der Waals surface area contributed by atoms with Crippen molar-refractivity contribution < 1.29 is 12.8 Å². The Morgan fingerprint density at radius 1 is 1.31 bits per heavy atom. The molecule has 1 atom stereocenters. The van der Waals surface area contributed by atoms with Crippen LogP contribution in [-0.4, -0.2) is 15.5 Å². The zero-order chi connectivity index (χ0) is 11.8. The predicted molar refractivity (Wildman–Crippen MR) is 59.8 cm³/mol. The molecule has 1 N–H and O–H groups in total. The van der Waals surface area contributed by atoms with Crippen molar-refractivity contribution in [3.8, 4) is 0 Å². The van der Waals surface area contributed by atoms with Crippen molar-refractivity contribution >= 4 is 10.0 Å². The maximum atomic E-state index is 12.8. The molecule has 1 aromatic carbocycles. The summed E-state index contributed by atoms with van der Waals surface area (Å²) in [6.45, 7) is 0. The second-order valence-electron chi connectivity index (χ2n) is 4.06. The van der Waals surface area contributed by atoms with Crippen LogP contribution in [0.25, 0.3) is 0 Å². The molecule has 0 spiro atoms. The van der Waals surface area contributed by atoms with Crippen molar-refractivity contribution in [1.29, 1.82) is 0 Å². The van der Waals surface area contributed by atoms with Gasteiger partial charge in [-0.05, 0) is 43.5 Å². The van der Waals surface area contributed by atoms with Crippen LogP contribution in [0.1, 0.15) is 23.7 Å². The molecular formula is C11H14FNO2S. The van der Waals surface area contributed by atoms with Crippen molar-refractivity contribution in [2.24, 2.45) is 5.92 Å². The minimum Gasteiger partial charge on any atom is -0.218 e. The van der Waals surface area contributed by atoms with Crippen LogP contribution in [0.3, 0.4) is 0 Å². The SMILES string of the molecule is CNS(=O)(=O)C(c1ccc(F)cc1)C1CC1. The van der Waals surface area contributed by atoms with Gasteiger partial charge in [0.05, 0.1) is 0 Å². The van der Waals surface area contributed by atoms with Crippen LogP contribution in [0.5, 0.6) is 0 Å². The van der Waals surface area contributed by atoms with Gasteiger partial charge in [0, 0.05) is 0 Å². The Balaban J connectivity index is 2.37. The van der Waals surface area contributed by atoms with Gasteiger partial charge in [0.2, 0.25) is 10.0 Å². The molecule has 0 aliphatic heterocycles. The highest BCUT2D eigenvalue weighted by Crippen LogP contribution is 2.45. The van der Waals surface area contributed by atoms with Crippen LogP contribution in [0, 0.1) is 11.7 Å². The third-order valence-electron chi connectivity index (χ3n) is 2.87. The summed E-state index contributed by atoms with van der Waals surface area (Å²) >= 11 is 0. The molecule has 0 amide bonds. The molecule has 2 rings (SSSR count). The third-order valence-corrected chi connectivity index (χ3v) is 4.76. The maximum Gasteiger partial charge on any atom is 0.218 e. The summed E-state index contributed by atoms with van der Waals surface area (Å²) in [6, 6.07) is 5.70. The van der Waals surface area contributed by atoms with E-state index in [2.05, 4.69) is 4.72 Å². The van der Waals surface area contributed by atoms with E-state index in [1.165, 1.54) is 19.2 Å². The minimum absolute atomic E-state index is 0.169. The summed E-state index contributed by atoms with van der Waals surface area (Å²) in [6.07, 6.45) is 1.84. The number of nitrogens with one attached hydrogen (secondary N) is 1. The van der Waals surface area contributed by atoms with Crippen molar-refractivity contribution in [1.82, 2.24) is 4.72 Å².